The zero-order chi connectivity index (χ0) is 14.5. The smallest absolute Gasteiger partial charge is 0.123 e. The van der Waals surface area contributed by atoms with Crippen LogP contribution in [-0.4, -0.2) is 27.1 Å². The summed E-state index contributed by atoms with van der Waals surface area (Å²) in [5.41, 5.74) is 2.95. The van der Waals surface area contributed by atoms with E-state index in [0.717, 1.165) is 49.3 Å². The second kappa shape index (κ2) is 6.43. The van der Waals surface area contributed by atoms with Gasteiger partial charge in [0.15, 0.2) is 0 Å². The van der Waals surface area contributed by atoms with Gasteiger partial charge in [-0.2, -0.15) is 0 Å². The van der Waals surface area contributed by atoms with Crippen molar-refractivity contribution < 1.29 is 9.94 Å². The maximum absolute atomic E-state index is 9.09. The second-order valence-corrected chi connectivity index (χ2v) is 5.19. The topological polar surface area (TPSA) is 59.6 Å². The Labute approximate surface area is 123 Å². The van der Waals surface area contributed by atoms with Gasteiger partial charge < -0.3 is 14.5 Å². The molecule has 2 aromatic rings. The van der Waals surface area contributed by atoms with E-state index in [0.29, 0.717) is 6.61 Å². The molecule has 1 aliphatic rings. The van der Waals surface area contributed by atoms with Gasteiger partial charge in [0.25, 0.3) is 0 Å². The lowest BCUT2D eigenvalue weighted by Crippen LogP contribution is -2.14. The van der Waals surface area contributed by atoms with Gasteiger partial charge in [0.2, 0.25) is 0 Å². The van der Waals surface area contributed by atoms with E-state index in [9.17, 15) is 0 Å². The van der Waals surface area contributed by atoms with Gasteiger partial charge in [-0.25, -0.2) is 4.98 Å². The molecule has 1 aliphatic carbocycles. The largest absolute Gasteiger partial charge is 0.493 e. The van der Waals surface area contributed by atoms with E-state index < -0.39 is 0 Å². The van der Waals surface area contributed by atoms with Gasteiger partial charge in [0.1, 0.15) is 5.75 Å². The molecule has 5 nitrogen and oxygen atoms in total. The van der Waals surface area contributed by atoms with Gasteiger partial charge in [0, 0.05) is 30.1 Å². The van der Waals surface area contributed by atoms with Crippen molar-refractivity contribution in [2.75, 3.05) is 6.61 Å². The summed E-state index contributed by atoms with van der Waals surface area (Å²) in [5.74, 6) is 0.916. The summed E-state index contributed by atoms with van der Waals surface area (Å²) in [4.78, 5) is 4.02. The van der Waals surface area contributed by atoms with Gasteiger partial charge in [-0.3, -0.25) is 0 Å². The molecule has 0 fully saturated rings. The van der Waals surface area contributed by atoms with Crippen LogP contribution in [-0.2, 0) is 13.0 Å². The summed E-state index contributed by atoms with van der Waals surface area (Å²) in [7, 11) is 0. The van der Waals surface area contributed by atoms with Crippen LogP contribution in [0.15, 0.2) is 42.1 Å². The van der Waals surface area contributed by atoms with Crippen molar-refractivity contribution in [1.82, 2.24) is 9.55 Å². The lowest BCUT2D eigenvalue weighted by Gasteiger charge is -2.20. The SMILES string of the molecule is ON=C1CCCc2c(OCCCn3ccnc3)cccc21. The Morgan fingerprint density at radius 2 is 2.29 bits per heavy atom. The summed E-state index contributed by atoms with van der Waals surface area (Å²) < 4.78 is 7.97. The van der Waals surface area contributed by atoms with E-state index in [-0.39, 0.29) is 0 Å². The molecule has 0 bridgehead atoms. The van der Waals surface area contributed by atoms with Crippen LogP contribution in [0, 0.1) is 0 Å². The molecule has 1 heterocycles. The molecule has 110 valence electrons. The number of fused-ring (bicyclic) bond motifs is 1. The number of oxime groups is 1. The fourth-order valence-electron chi connectivity index (χ4n) is 2.75. The molecule has 0 radical (unpaired) electrons. The van der Waals surface area contributed by atoms with Crippen molar-refractivity contribution in [2.24, 2.45) is 5.16 Å². The first-order valence-corrected chi connectivity index (χ1v) is 7.30. The third kappa shape index (κ3) is 3.07. The van der Waals surface area contributed by atoms with Crippen molar-refractivity contribution in [3.8, 4) is 5.75 Å². The van der Waals surface area contributed by atoms with Crippen molar-refractivity contribution in [3.63, 3.8) is 0 Å². The van der Waals surface area contributed by atoms with Crippen LogP contribution in [0.2, 0.25) is 0 Å². The van der Waals surface area contributed by atoms with E-state index >= 15 is 0 Å². The quantitative estimate of drug-likeness (QED) is 0.522. The first-order chi connectivity index (χ1) is 10.4. The molecule has 0 saturated heterocycles. The lowest BCUT2D eigenvalue weighted by atomic mass is 9.89. The highest BCUT2D eigenvalue weighted by atomic mass is 16.5. The van der Waals surface area contributed by atoms with Crippen molar-refractivity contribution >= 4 is 5.71 Å². The Morgan fingerprint density at radius 1 is 1.33 bits per heavy atom. The minimum absolute atomic E-state index is 0.667. The van der Waals surface area contributed by atoms with Crippen molar-refractivity contribution in [2.45, 2.75) is 32.2 Å². The van der Waals surface area contributed by atoms with E-state index in [4.69, 9.17) is 9.94 Å². The lowest BCUT2D eigenvalue weighted by molar-refractivity contribution is 0.298. The van der Waals surface area contributed by atoms with Crippen LogP contribution >= 0.6 is 0 Å². The van der Waals surface area contributed by atoms with Crippen LogP contribution in [0.3, 0.4) is 0 Å². The van der Waals surface area contributed by atoms with Crippen LogP contribution < -0.4 is 4.74 Å². The van der Waals surface area contributed by atoms with Crippen LogP contribution in [0.25, 0.3) is 0 Å². The highest BCUT2D eigenvalue weighted by Gasteiger charge is 2.19. The predicted molar refractivity (Wildman–Crippen MR) is 80.0 cm³/mol. The van der Waals surface area contributed by atoms with E-state index in [1.54, 1.807) is 6.20 Å². The van der Waals surface area contributed by atoms with Gasteiger partial charge in [0.05, 0.1) is 18.6 Å². The fraction of sp³-hybridized carbons (Fsp3) is 0.375. The van der Waals surface area contributed by atoms with Crippen LogP contribution in [0.1, 0.15) is 30.4 Å². The molecular weight excluding hydrogens is 266 g/mol. The summed E-state index contributed by atoms with van der Waals surface area (Å²) in [6.45, 7) is 1.57. The van der Waals surface area contributed by atoms with Gasteiger partial charge in [-0.15, -0.1) is 0 Å². The third-order valence-corrected chi connectivity index (χ3v) is 3.78. The summed E-state index contributed by atoms with van der Waals surface area (Å²) in [5, 5.41) is 12.5. The number of nitrogens with zero attached hydrogens (tertiary/aromatic N) is 3. The number of rotatable bonds is 5. The molecule has 0 spiro atoms. The Hall–Kier alpha value is -2.30. The van der Waals surface area contributed by atoms with E-state index in [1.165, 1.54) is 5.56 Å². The third-order valence-electron chi connectivity index (χ3n) is 3.78. The molecule has 5 heteroatoms. The minimum atomic E-state index is 0.667. The first-order valence-electron chi connectivity index (χ1n) is 7.30. The maximum Gasteiger partial charge on any atom is 0.123 e. The number of aryl methyl sites for hydroxylation is 1. The number of aromatic nitrogens is 2. The number of hydrogen-bond donors (Lipinski definition) is 1. The van der Waals surface area contributed by atoms with Gasteiger partial charge >= 0.3 is 0 Å². The highest BCUT2D eigenvalue weighted by Crippen LogP contribution is 2.30. The van der Waals surface area contributed by atoms with Crippen LogP contribution in [0.5, 0.6) is 5.75 Å². The van der Waals surface area contributed by atoms with E-state index in [2.05, 4.69) is 10.1 Å². The van der Waals surface area contributed by atoms with Crippen molar-refractivity contribution in [1.29, 1.82) is 0 Å². The second-order valence-electron chi connectivity index (χ2n) is 5.19. The Balaban J connectivity index is 1.63. The number of hydrogen-bond acceptors (Lipinski definition) is 4. The Bertz CT molecular complexity index is 620. The Kier molecular flexibility index (Phi) is 4.19. The summed E-state index contributed by atoms with van der Waals surface area (Å²) in [6, 6.07) is 5.96. The zero-order valence-electron chi connectivity index (χ0n) is 11.9. The normalized spacial score (nSPS) is 15.9. The highest BCUT2D eigenvalue weighted by molar-refractivity contribution is 6.02. The van der Waals surface area contributed by atoms with Crippen molar-refractivity contribution in [3.05, 3.63) is 48.0 Å². The fourth-order valence-corrected chi connectivity index (χ4v) is 2.75. The molecular formula is C16H19N3O2. The molecule has 1 aromatic heterocycles. The van der Waals surface area contributed by atoms with Gasteiger partial charge in [-0.1, -0.05) is 17.3 Å². The summed E-state index contributed by atoms with van der Waals surface area (Å²) in [6.07, 6.45) is 9.29. The number of imidazole rings is 1. The standard InChI is InChI=1S/C16H19N3O2/c20-18-15-6-1-5-14-13(15)4-2-7-16(14)21-11-3-9-19-10-8-17-12-19/h2,4,7-8,10,12,20H,1,3,5-6,9,11H2. The molecule has 1 aromatic carbocycles. The maximum atomic E-state index is 9.09. The Morgan fingerprint density at radius 3 is 3.10 bits per heavy atom. The summed E-state index contributed by atoms with van der Waals surface area (Å²) >= 11 is 0. The first kappa shape index (κ1) is 13.7. The van der Waals surface area contributed by atoms with E-state index in [1.807, 2.05) is 35.3 Å². The molecule has 0 aliphatic heterocycles. The number of ether oxygens (including phenoxy) is 1. The van der Waals surface area contributed by atoms with Gasteiger partial charge in [-0.05, 0) is 31.7 Å². The predicted octanol–water partition coefficient (Wildman–Crippen LogP) is 2.87. The number of benzene rings is 1. The zero-order valence-corrected chi connectivity index (χ0v) is 11.9. The molecule has 0 saturated carbocycles. The molecule has 0 amide bonds. The molecule has 3 rings (SSSR count). The average Bonchev–Trinajstić information content (AvgIpc) is 3.04. The van der Waals surface area contributed by atoms with Crippen LogP contribution in [0.4, 0.5) is 0 Å². The molecule has 0 atom stereocenters. The molecule has 1 N–H and O–H groups in total. The monoisotopic (exact) mass is 285 g/mol. The minimum Gasteiger partial charge on any atom is -0.493 e. The molecule has 0 unspecified atom stereocenters. The molecule has 21 heavy (non-hydrogen) atoms. The average molecular weight is 285 g/mol.